The molecule has 4 nitrogen and oxygen atoms in total. The Morgan fingerprint density at radius 2 is 2.00 bits per heavy atom. The molecule has 24 heavy (non-hydrogen) atoms. The van der Waals surface area contributed by atoms with E-state index >= 15 is 0 Å². The summed E-state index contributed by atoms with van der Waals surface area (Å²) in [6, 6.07) is 3.40. The Kier molecular flexibility index (Phi) is 7.05. The molecule has 0 saturated carbocycles. The summed E-state index contributed by atoms with van der Waals surface area (Å²) in [6.07, 6.45) is 2.89. The van der Waals surface area contributed by atoms with Gasteiger partial charge in [-0.05, 0) is 31.1 Å². The molecule has 0 saturated heterocycles. The zero-order chi connectivity index (χ0) is 18.2. The molecule has 128 valence electrons. The number of alkyl halides is 3. The number of anilines is 1. The highest BCUT2D eigenvalue weighted by molar-refractivity contribution is 6.02. The van der Waals surface area contributed by atoms with Crippen molar-refractivity contribution >= 4 is 17.5 Å². The van der Waals surface area contributed by atoms with E-state index in [-0.39, 0.29) is 6.54 Å². The number of halogens is 3. The van der Waals surface area contributed by atoms with Crippen LogP contribution in [0.3, 0.4) is 0 Å². The lowest BCUT2D eigenvalue weighted by Crippen LogP contribution is -2.28. The minimum absolute atomic E-state index is 0.209. The van der Waals surface area contributed by atoms with Crippen LogP contribution in [0.5, 0.6) is 0 Å². The van der Waals surface area contributed by atoms with Crippen LogP contribution >= 0.6 is 0 Å². The summed E-state index contributed by atoms with van der Waals surface area (Å²) >= 11 is 0. The fourth-order valence-corrected chi connectivity index (χ4v) is 1.98. The van der Waals surface area contributed by atoms with Crippen molar-refractivity contribution in [2.24, 2.45) is 0 Å². The molecule has 0 bridgehead atoms. The summed E-state index contributed by atoms with van der Waals surface area (Å²) in [5, 5.41) is 4.49. The molecule has 0 unspecified atom stereocenters. The van der Waals surface area contributed by atoms with Crippen molar-refractivity contribution in [3.8, 4) is 12.3 Å². The number of amides is 2. The number of carbonyl (C=O) groups is 2. The van der Waals surface area contributed by atoms with E-state index in [0.717, 1.165) is 18.2 Å². The predicted octanol–water partition coefficient (Wildman–Crippen LogP) is 3.36. The van der Waals surface area contributed by atoms with Gasteiger partial charge in [-0.3, -0.25) is 9.59 Å². The summed E-state index contributed by atoms with van der Waals surface area (Å²) in [5.74, 6) is 0.776. The van der Waals surface area contributed by atoms with Crippen LogP contribution < -0.4 is 10.6 Å². The fourth-order valence-electron chi connectivity index (χ4n) is 1.98. The van der Waals surface area contributed by atoms with E-state index in [1.165, 1.54) is 6.07 Å². The van der Waals surface area contributed by atoms with Gasteiger partial charge >= 0.3 is 6.18 Å². The second-order valence-electron chi connectivity index (χ2n) is 4.84. The van der Waals surface area contributed by atoms with Crippen LogP contribution in [-0.2, 0) is 11.0 Å². The normalized spacial score (nSPS) is 10.6. The number of benzene rings is 1. The van der Waals surface area contributed by atoms with E-state index in [0.29, 0.717) is 19.3 Å². The maximum absolute atomic E-state index is 13.3. The van der Waals surface area contributed by atoms with E-state index in [2.05, 4.69) is 23.1 Å². The first-order chi connectivity index (χ1) is 11.3. The fraction of sp³-hybridized carbons (Fsp3) is 0.294. The molecular formula is C17H17F3N2O2. The number of unbranched alkanes of at least 4 members (excludes halogenated alkanes) is 2. The molecule has 0 spiro atoms. The van der Waals surface area contributed by atoms with E-state index < -0.39 is 34.8 Å². The highest BCUT2D eigenvalue weighted by atomic mass is 19.4. The maximum Gasteiger partial charge on any atom is 0.419 e. The summed E-state index contributed by atoms with van der Waals surface area (Å²) in [6.45, 7) is 3.39. The largest absolute Gasteiger partial charge is 0.419 e. The molecule has 1 aromatic carbocycles. The average molecular weight is 338 g/mol. The first kappa shape index (κ1) is 19.3. The van der Waals surface area contributed by atoms with E-state index in [1.54, 1.807) is 0 Å². The minimum atomic E-state index is -4.80. The highest BCUT2D eigenvalue weighted by Gasteiger charge is 2.38. The van der Waals surface area contributed by atoms with Crippen molar-refractivity contribution < 1.29 is 22.8 Å². The van der Waals surface area contributed by atoms with Crippen LogP contribution in [0.25, 0.3) is 0 Å². The highest BCUT2D eigenvalue weighted by Crippen LogP contribution is 2.37. The van der Waals surface area contributed by atoms with Gasteiger partial charge in [0.25, 0.3) is 5.91 Å². The third-order valence-electron chi connectivity index (χ3n) is 3.07. The van der Waals surface area contributed by atoms with Crippen LogP contribution in [-0.4, -0.2) is 18.4 Å². The van der Waals surface area contributed by atoms with Crippen LogP contribution in [0.1, 0.15) is 35.2 Å². The zero-order valence-electron chi connectivity index (χ0n) is 12.9. The molecule has 0 aliphatic heterocycles. The lowest BCUT2D eigenvalue weighted by atomic mass is 10.0. The smallest absolute Gasteiger partial charge is 0.352 e. The minimum Gasteiger partial charge on any atom is -0.352 e. The monoisotopic (exact) mass is 338 g/mol. The van der Waals surface area contributed by atoms with Crippen molar-refractivity contribution in [2.45, 2.75) is 25.4 Å². The van der Waals surface area contributed by atoms with E-state index in [1.807, 2.05) is 0 Å². The molecule has 2 amide bonds. The van der Waals surface area contributed by atoms with Gasteiger partial charge < -0.3 is 10.6 Å². The van der Waals surface area contributed by atoms with Crippen molar-refractivity contribution in [3.63, 3.8) is 0 Å². The third-order valence-corrected chi connectivity index (χ3v) is 3.07. The molecule has 0 heterocycles. The Balaban J connectivity index is 3.03. The first-order valence-corrected chi connectivity index (χ1v) is 7.16. The van der Waals surface area contributed by atoms with Gasteiger partial charge in [-0.2, -0.15) is 13.2 Å². The molecule has 1 aromatic rings. The quantitative estimate of drug-likeness (QED) is 0.455. The second-order valence-corrected chi connectivity index (χ2v) is 4.84. The number of nitrogens with one attached hydrogen (secondary N) is 2. The Bertz CT molecular complexity index is 661. The molecule has 0 aliphatic rings. The molecule has 0 radical (unpaired) electrons. The van der Waals surface area contributed by atoms with Gasteiger partial charge in [0, 0.05) is 13.0 Å². The van der Waals surface area contributed by atoms with Gasteiger partial charge in [0.15, 0.2) is 0 Å². The lowest BCUT2D eigenvalue weighted by molar-refractivity contribution is -0.137. The van der Waals surface area contributed by atoms with E-state index in [9.17, 15) is 22.8 Å². The number of rotatable bonds is 7. The van der Waals surface area contributed by atoms with Crippen molar-refractivity contribution in [1.29, 1.82) is 0 Å². The molecule has 0 aromatic heterocycles. The summed E-state index contributed by atoms with van der Waals surface area (Å²) < 4.78 is 40.0. The zero-order valence-corrected chi connectivity index (χ0v) is 12.9. The summed E-state index contributed by atoms with van der Waals surface area (Å²) in [4.78, 5) is 23.4. The average Bonchev–Trinajstić information content (AvgIpc) is 2.53. The van der Waals surface area contributed by atoms with Crippen LogP contribution in [0, 0.1) is 12.3 Å². The topological polar surface area (TPSA) is 58.2 Å². The van der Waals surface area contributed by atoms with Gasteiger partial charge in [0.2, 0.25) is 5.91 Å². The second kappa shape index (κ2) is 8.77. The third kappa shape index (κ3) is 5.47. The van der Waals surface area contributed by atoms with Crippen LogP contribution in [0.4, 0.5) is 18.9 Å². The molecule has 1 rings (SSSR count). The Hall–Kier alpha value is -2.75. The molecule has 0 aliphatic carbocycles. The standard InChI is InChI=1S/C17H17F3N2O2/c1-3-5-6-7-11-21-16(24)12-9-8-10-13(22-14(23)4-2)15(12)17(18,19)20/h1,4,8-10H,2,5-7,11H2,(H,21,24)(H,22,23). The Morgan fingerprint density at radius 1 is 1.29 bits per heavy atom. The van der Waals surface area contributed by atoms with Crippen molar-refractivity contribution in [3.05, 3.63) is 42.0 Å². The van der Waals surface area contributed by atoms with Gasteiger partial charge in [-0.1, -0.05) is 12.6 Å². The molecule has 0 atom stereocenters. The maximum atomic E-state index is 13.3. The van der Waals surface area contributed by atoms with Gasteiger partial charge in [0.05, 0.1) is 16.8 Å². The predicted molar refractivity (Wildman–Crippen MR) is 85.3 cm³/mol. The molecular weight excluding hydrogens is 321 g/mol. The Morgan fingerprint density at radius 3 is 2.58 bits per heavy atom. The summed E-state index contributed by atoms with van der Waals surface area (Å²) in [7, 11) is 0. The van der Waals surface area contributed by atoms with E-state index in [4.69, 9.17) is 6.42 Å². The number of terminal acetylenes is 1. The first-order valence-electron chi connectivity index (χ1n) is 7.16. The SMILES string of the molecule is C#CCCCCNC(=O)c1cccc(NC(=O)C=C)c1C(F)(F)F. The van der Waals surface area contributed by atoms with Crippen molar-refractivity contribution in [2.75, 3.05) is 11.9 Å². The number of hydrogen-bond donors (Lipinski definition) is 2. The molecule has 0 fully saturated rings. The van der Waals surface area contributed by atoms with Crippen LogP contribution in [0.15, 0.2) is 30.9 Å². The van der Waals surface area contributed by atoms with Gasteiger partial charge in [0.1, 0.15) is 0 Å². The molecule has 7 heteroatoms. The lowest BCUT2D eigenvalue weighted by Gasteiger charge is -2.17. The number of hydrogen-bond acceptors (Lipinski definition) is 2. The van der Waals surface area contributed by atoms with Gasteiger partial charge in [-0.15, -0.1) is 12.3 Å². The summed E-state index contributed by atoms with van der Waals surface area (Å²) in [5.41, 5.74) is -2.24. The molecule has 2 N–H and O–H groups in total. The van der Waals surface area contributed by atoms with Crippen LogP contribution in [0.2, 0.25) is 0 Å². The van der Waals surface area contributed by atoms with Gasteiger partial charge in [-0.25, -0.2) is 0 Å². The Labute approximate surface area is 138 Å². The van der Waals surface area contributed by atoms with Crippen molar-refractivity contribution in [1.82, 2.24) is 5.32 Å². The number of carbonyl (C=O) groups excluding carboxylic acids is 2.